The number of amides is 2. The summed E-state index contributed by atoms with van der Waals surface area (Å²) in [5, 5.41) is 21.4. The zero-order valence-corrected chi connectivity index (χ0v) is 17.1. The number of benzene rings is 2. The molecule has 0 atom stereocenters. The number of anilines is 1. The van der Waals surface area contributed by atoms with Crippen molar-refractivity contribution in [3.8, 4) is 5.88 Å². The molecule has 0 spiro atoms. The highest BCUT2D eigenvalue weighted by molar-refractivity contribution is 6.40. The highest BCUT2D eigenvalue weighted by Crippen LogP contribution is 2.39. The van der Waals surface area contributed by atoms with Crippen molar-refractivity contribution >= 4 is 34.1 Å². The number of nitrogens with one attached hydrogen (secondary N) is 1. The Labute approximate surface area is 178 Å². The first-order valence-electron chi connectivity index (χ1n) is 9.97. The summed E-state index contributed by atoms with van der Waals surface area (Å²) in [5.41, 5.74) is 2.36. The number of aromatic hydroxyl groups is 1. The zero-order chi connectivity index (χ0) is 21.8. The molecule has 0 aliphatic carbocycles. The first-order chi connectivity index (χ1) is 15.0. The van der Waals surface area contributed by atoms with Crippen molar-refractivity contribution in [2.24, 2.45) is 10.2 Å². The van der Waals surface area contributed by atoms with Gasteiger partial charge in [-0.1, -0.05) is 30.3 Å². The molecule has 4 rings (SSSR count). The lowest BCUT2D eigenvalue weighted by Crippen LogP contribution is -2.37. The largest absolute Gasteiger partial charge is 0.493 e. The standard InChI is InChI=1S/C22H23N5O4/c1-15-5-4-6-16(13-15)23-20(28)21(29)25-24-19-17-7-2-3-8-18(17)27(22(19)30)14-26-9-11-31-12-10-26/h2-8,13,30H,9-12,14H2,1H3,(H,23,28). The molecule has 2 amide bonds. The van der Waals surface area contributed by atoms with Gasteiger partial charge in [-0.05, 0) is 30.7 Å². The van der Waals surface area contributed by atoms with E-state index >= 15 is 0 Å². The molecule has 1 aromatic heterocycles. The molecule has 1 aliphatic heterocycles. The van der Waals surface area contributed by atoms with Crippen molar-refractivity contribution in [3.05, 3.63) is 54.1 Å². The van der Waals surface area contributed by atoms with E-state index in [2.05, 4.69) is 20.4 Å². The van der Waals surface area contributed by atoms with Crippen LogP contribution in [0.5, 0.6) is 5.88 Å². The summed E-state index contributed by atoms with van der Waals surface area (Å²) < 4.78 is 7.09. The first-order valence-corrected chi connectivity index (χ1v) is 9.97. The fraction of sp³-hybridized carbons (Fsp3) is 0.273. The molecule has 9 nitrogen and oxygen atoms in total. The monoisotopic (exact) mass is 421 g/mol. The summed E-state index contributed by atoms with van der Waals surface area (Å²) in [5.74, 6) is -2.06. The van der Waals surface area contributed by atoms with Crippen molar-refractivity contribution in [1.82, 2.24) is 9.47 Å². The normalized spacial score (nSPS) is 14.9. The van der Waals surface area contributed by atoms with Gasteiger partial charge in [0.1, 0.15) is 0 Å². The average Bonchev–Trinajstić information content (AvgIpc) is 3.04. The van der Waals surface area contributed by atoms with Gasteiger partial charge in [-0.25, -0.2) is 0 Å². The fourth-order valence-corrected chi connectivity index (χ4v) is 3.50. The SMILES string of the molecule is Cc1cccc(NC(=O)C(=O)N=Nc2c(O)n(CN3CCOCC3)c3ccccc23)c1. The summed E-state index contributed by atoms with van der Waals surface area (Å²) in [6.45, 7) is 5.11. The quantitative estimate of drug-likeness (QED) is 0.497. The van der Waals surface area contributed by atoms with Crippen molar-refractivity contribution in [2.75, 3.05) is 31.6 Å². The van der Waals surface area contributed by atoms with E-state index in [4.69, 9.17) is 4.74 Å². The molecule has 9 heteroatoms. The average molecular weight is 421 g/mol. The molecule has 0 bridgehead atoms. The van der Waals surface area contributed by atoms with Crippen LogP contribution in [-0.4, -0.2) is 52.7 Å². The van der Waals surface area contributed by atoms with Crippen LogP contribution in [0.4, 0.5) is 11.4 Å². The molecule has 2 N–H and O–H groups in total. The van der Waals surface area contributed by atoms with Crippen LogP contribution in [-0.2, 0) is 21.0 Å². The second-order valence-electron chi connectivity index (χ2n) is 7.32. The maximum Gasteiger partial charge on any atom is 0.353 e. The number of carbonyl (C=O) groups excluding carboxylic acids is 2. The number of carbonyl (C=O) groups is 2. The van der Waals surface area contributed by atoms with E-state index in [9.17, 15) is 14.7 Å². The predicted molar refractivity (Wildman–Crippen MR) is 115 cm³/mol. The van der Waals surface area contributed by atoms with Gasteiger partial charge in [0.05, 0.1) is 25.4 Å². The second kappa shape index (κ2) is 9.07. The van der Waals surface area contributed by atoms with Crippen LogP contribution in [0.15, 0.2) is 58.8 Å². The predicted octanol–water partition coefficient (Wildman–Crippen LogP) is 3.19. The number of morpholine rings is 1. The van der Waals surface area contributed by atoms with Gasteiger partial charge < -0.3 is 15.2 Å². The van der Waals surface area contributed by atoms with E-state index in [0.717, 1.165) is 24.2 Å². The van der Waals surface area contributed by atoms with Crippen LogP contribution < -0.4 is 5.32 Å². The van der Waals surface area contributed by atoms with Gasteiger partial charge in [-0.2, -0.15) is 0 Å². The molecule has 160 valence electrons. The molecule has 2 aromatic carbocycles. The number of aromatic nitrogens is 1. The van der Waals surface area contributed by atoms with Gasteiger partial charge in [0.2, 0.25) is 5.88 Å². The maximum atomic E-state index is 12.2. The Kier molecular flexibility index (Phi) is 6.06. The third kappa shape index (κ3) is 4.62. The Morgan fingerprint density at radius 2 is 1.90 bits per heavy atom. The van der Waals surface area contributed by atoms with Crippen LogP contribution >= 0.6 is 0 Å². The van der Waals surface area contributed by atoms with Crippen molar-refractivity contribution in [3.63, 3.8) is 0 Å². The summed E-state index contributed by atoms with van der Waals surface area (Å²) in [6.07, 6.45) is 0. The van der Waals surface area contributed by atoms with Crippen LogP contribution in [0.3, 0.4) is 0 Å². The minimum atomic E-state index is -1.05. The smallest absolute Gasteiger partial charge is 0.353 e. The van der Waals surface area contributed by atoms with E-state index in [-0.39, 0.29) is 11.6 Å². The van der Waals surface area contributed by atoms with E-state index in [1.165, 1.54) is 0 Å². The molecule has 2 heterocycles. The molecule has 3 aromatic rings. The Morgan fingerprint density at radius 3 is 2.68 bits per heavy atom. The maximum absolute atomic E-state index is 12.2. The summed E-state index contributed by atoms with van der Waals surface area (Å²) >= 11 is 0. The van der Waals surface area contributed by atoms with Gasteiger partial charge in [0.25, 0.3) is 0 Å². The lowest BCUT2D eigenvalue weighted by molar-refractivity contribution is -0.134. The Hall–Kier alpha value is -3.56. The van der Waals surface area contributed by atoms with E-state index in [1.54, 1.807) is 28.8 Å². The number of azo groups is 1. The van der Waals surface area contributed by atoms with Gasteiger partial charge in [-0.15, -0.1) is 10.2 Å². The summed E-state index contributed by atoms with van der Waals surface area (Å²) in [7, 11) is 0. The van der Waals surface area contributed by atoms with Gasteiger partial charge in [-0.3, -0.25) is 19.1 Å². The molecule has 1 fully saturated rings. The third-order valence-corrected chi connectivity index (χ3v) is 5.07. The molecular weight excluding hydrogens is 398 g/mol. The molecular formula is C22H23N5O4. The lowest BCUT2D eigenvalue weighted by Gasteiger charge is -2.27. The number of ether oxygens (including phenoxy) is 1. The van der Waals surface area contributed by atoms with Gasteiger partial charge in [0, 0.05) is 24.2 Å². The zero-order valence-electron chi connectivity index (χ0n) is 17.1. The number of nitrogens with zero attached hydrogens (tertiary/aromatic N) is 4. The summed E-state index contributed by atoms with van der Waals surface area (Å²) in [6, 6.07) is 14.4. The van der Waals surface area contributed by atoms with Crippen LogP contribution in [0.1, 0.15) is 5.56 Å². The topological polar surface area (TPSA) is 109 Å². The molecule has 0 radical (unpaired) electrons. The number of hydrogen-bond acceptors (Lipinski definition) is 6. The van der Waals surface area contributed by atoms with Crippen LogP contribution in [0.2, 0.25) is 0 Å². The highest BCUT2D eigenvalue weighted by atomic mass is 16.5. The van der Waals surface area contributed by atoms with Gasteiger partial charge in [0.15, 0.2) is 5.69 Å². The lowest BCUT2D eigenvalue weighted by atomic mass is 10.2. The van der Waals surface area contributed by atoms with E-state index < -0.39 is 11.8 Å². The van der Waals surface area contributed by atoms with Crippen molar-refractivity contribution in [2.45, 2.75) is 13.6 Å². The number of para-hydroxylation sites is 1. The molecule has 0 unspecified atom stereocenters. The van der Waals surface area contributed by atoms with E-state index in [1.807, 2.05) is 31.2 Å². The molecule has 0 saturated carbocycles. The molecule has 1 saturated heterocycles. The van der Waals surface area contributed by atoms with Crippen LogP contribution in [0.25, 0.3) is 10.9 Å². The Bertz CT molecular complexity index is 1150. The number of aryl methyl sites for hydroxylation is 1. The third-order valence-electron chi connectivity index (χ3n) is 5.07. The highest BCUT2D eigenvalue weighted by Gasteiger charge is 2.20. The Balaban J connectivity index is 1.56. The van der Waals surface area contributed by atoms with E-state index in [0.29, 0.717) is 31.0 Å². The van der Waals surface area contributed by atoms with Crippen molar-refractivity contribution < 1.29 is 19.4 Å². The minimum Gasteiger partial charge on any atom is -0.493 e. The van der Waals surface area contributed by atoms with Crippen LogP contribution in [0, 0.1) is 6.92 Å². The van der Waals surface area contributed by atoms with Crippen molar-refractivity contribution in [1.29, 1.82) is 0 Å². The van der Waals surface area contributed by atoms with Gasteiger partial charge >= 0.3 is 11.8 Å². The number of fused-ring (bicyclic) bond motifs is 1. The second-order valence-corrected chi connectivity index (χ2v) is 7.32. The minimum absolute atomic E-state index is 0.108. The Morgan fingerprint density at radius 1 is 1.13 bits per heavy atom. The summed E-state index contributed by atoms with van der Waals surface area (Å²) in [4.78, 5) is 26.5. The molecule has 31 heavy (non-hydrogen) atoms. The molecule has 1 aliphatic rings. The number of hydrogen-bond donors (Lipinski definition) is 2. The number of rotatable bonds is 4. The first kappa shape index (κ1) is 20.7. The fourth-order valence-electron chi connectivity index (χ4n) is 3.50.